The molecule has 0 radical (unpaired) electrons. The Morgan fingerprint density at radius 2 is 2.10 bits per heavy atom. The normalized spacial score (nSPS) is 10.6. The summed E-state index contributed by atoms with van der Waals surface area (Å²) in [5.41, 5.74) is 1.13. The van der Waals surface area contributed by atoms with Crippen molar-refractivity contribution in [2.24, 2.45) is 0 Å². The third-order valence-corrected chi connectivity index (χ3v) is 2.58. The van der Waals surface area contributed by atoms with Crippen LogP contribution in [-0.2, 0) is 13.1 Å². The molecule has 0 amide bonds. The zero-order valence-corrected chi connectivity index (χ0v) is 11.8. The molecular weight excluding hydrogens is 254 g/mol. The van der Waals surface area contributed by atoms with E-state index in [1.54, 1.807) is 10.8 Å². The van der Waals surface area contributed by atoms with Crippen molar-refractivity contribution in [1.82, 2.24) is 20.2 Å². The van der Waals surface area contributed by atoms with Gasteiger partial charge < -0.3 is 10.1 Å². The molecule has 0 spiro atoms. The average Bonchev–Trinajstić information content (AvgIpc) is 2.85. The van der Waals surface area contributed by atoms with E-state index < -0.39 is 0 Å². The summed E-state index contributed by atoms with van der Waals surface area (Å²) < 4.78 is 7.26. The van der Waals surface area contributed by atoms with Gasteiger partial charge in [-0.05, 0) is 42.0 Å². The van der Waals surface area contributed by atoms with Crippen molar-refractivity contribution in [3.63, 3.8) is 0 Å². The van der Waals surface area contributed by atoms with Gasteiger partial charge >= 0.3 is 0 Å². The van der Waals surface area contributed by atoms with Crippen LogP contribution in [0, 0.1) is 0 Å². The summed E-state index contributed by atoms with van der Waals surface area (Å²) in [5, 5.41) is 14.6. The fourth-order valence-corrected chi connectivity index (χ4v) is 1.72. The molecular formula is C14H19N5O. The van der Waals surface area contributed by atoms with E-state index in [1.165, 1.54) is 0 Å². The lowest BCUT2D eigenvalue weighted by atomic mass is 10.2. The Bertz CT molecular complexity index is 547. The molecule has 2 rings (SSSR count). The summed E-state index contributed by atoms with van der Waals surface area (Å²) in [6.45, 7) is 8.92. The average molecular weight is 273 g/mol. The summed E-state index contributed by atoms with van der Waals surface area (Å²) in [4.78, 5) is 0. The number of aromatic nitrogens is 4. The fourth-order valence-electron chi connectivity index (χ4n) is 1.72. The third-order valence-electron chi connectivity index (χ3n) is 2.58. The van der Waals surface area contributed by atoms with Crippen molar-refractivity contribution in [3.05, 3.63) is 42.5 Å². The maximum absolute atomic E-state index is 5.60. The molecule has 6 heteroatoms. The van der Waals surface area contributed by atoms with E-state index >= 15 is 0 Å². The highest BCUT2D eigenvalue weighted by Gasteiger charge is 2.04. The molecule has 0 atom stereocenters. The van der Waals surface area contributed by atoms with Crippen LogP contribution in [0.5, 0.6) is 5.75 Å². The number of nitrogens with one attached hydrogen (secondary N) is 1. The molecule has 0 saturated carbocycles. The first-order valence-electron chi connectivity index (χ1n) is 6.55. The number of hydrogen-bond acceptors (Lipinski definition) is 5. The summed E-state index contributed by atoms with van der Waals surface area (Å²) in [6.07, 6.45) is 1.93. The van der Waals surface area contributed by atoms with Crippen LogP contribution < -0.4 is 10.1 Å². The first kappa shape index (κ1) is 14.0. The van der Waals surface area contributed by atoms with E-state index in [1.807, 2.05) is 38.1 Å². The summed E-state index contributed by atoms with van der Waals surface area (Å²) >= 11 is 0. The number of ether oxygens (including phenoxy) is 1. The highest BCUT2D eigenvalue weighted by Crippen LogP contribution is 2.14. The Morgan fingerprint density at radius 3 is 2.75 bits per heavy atom. The second-order valence-electron chi connectivity index (χ2n) is 4.64. The number of nitrogens with zero attached hydrogens (tertiary/aromatic N) is 4. The van der Waals surface area contributed by atoms with Gasteiger partial charge in [0, 0.05) is 6.54 Å². The van der Waals surface area contributed by atoms with E-state index in [0.717, 1.165) is 11.3 Å². The van der Waals surface area contributed by atoms with Crippen molar-refractivity contribution in [2.45, 2.75) is 33.0 Å². The van der Waals surface area contributed by atoms with E-state index in [4.69, 9.17) is 4.74 Å². The van der Waals surface area contributed by atoms with Gasteiger partial charge in [0.1, 0.15) is 5.75 Å². The van der Waals surface area contributed by atoms with Crippen LogP contribution in [0.25, 0.3) is 0 Å². The van der Waals surface area contributed by atoms with Gasteiger partial charge in [-0.15, -0.1) is 6.58 Å². The molecule has 0 aliphatic rings. The minimum absolute atomic E-state index is 0.183. The molecule has 1 N–H and O–H groups in total. The number of hydrogen-bond donors (Lipinski definition) is 1. The quantitative estimate of drug-likeness (QED) is 0.784. The topological polar surface area (TPSA) is 64.9 Å². The Labute approximate surface area is 118 Å². The van der Waals surface area contributed by atoms with Crippen molar-refractivity contribution in [3.8, 4) is 5.75 Å². The Balaban J connectivity index is 1.93. The number of benzene rings is 1. The second-order valence-corrected chi connectivity index (χ2v) is 4.64. The van der Waals surface area contributed by atoms with E-state index in [2.05, 4.69) is 27.4 Å². The maximum atomic E-state index is 5.60. The lowest BCUT2D eigenvalue weighted by Gasteiger charge is -2.10. The standard InChI is InChI=1S/C14H19N5O/c1-4-9-19-14(16-17-18-19)15-10-12-5-7-13(8-6-12)20-11(2)3/h4-8,11H,1,9-10H2,2-3H3,(H,15,16,18). The zero-order chi connectivity index (χ0) is 14.4. The second kappa shape index (κ2) is 6.70. The number of tetrazole rings is 1. The van der Waals surface area contributed by atoms with Crippen LogP contribution >= 0.6 is 0 Å². The Kier molecular flexibility index (Phi) is 4.70. The van der Waals surface area contributed by atoms with E-state index in [9.17, 15) is 0 Å². The van der Waals surface area contributed by atoms with E-state index in [-0.39, 0.29) is 6.10 Å². The van der Waals surface area contributed by atoms with Crippen molar-refractivity contribution < 1.29 is 4.74 Å². The van der Waals surface area contributed by atoms with Gasteiger partial charge in [0.15, 0.2) is 0 Å². The lowest BCUT2D eigenvalue weighted by Crippen LogP contribution is -2.08. The van der Waals surface area contributed by atoms with E-state index in [0.29, 0.717) is 19.0 Å². The molecule has 2 aromatic rings. The van der Waals surface area contributed by atoms with Crippen molar-refractivity contribution >= 4 is 5.95 Å². The van der Waals surface area contributed by atoms with Crippen molar-refractivity contribution in [1.29, 1.82) is 0 Å². The third kappa shape index (κ3) is 3.81. The van der Waals surface area contributed by atoms with Gasteiger partial charge in [-0.2, -0.15) is 0 Å². The van der Waals surface area contributed by atoms with Crippen LogP contribution in [0.2, 0.25) is 0 Å². The Hall–Kier alpha value is -2.37. The number of anilines is 1. The zero-order valence-electron chi connectivity index (χ0n) is 11.8. The fraction of sp³-hybridized carbons (Fsp3) is 0.357. The van der Waals surface area contributed by atoms with Crippen LogP contribution in [0.3, 0.4) is 0 Å². The first-order valence-corrected chi connectivity index (χ1v) is 6.55. The molecule has 0 aliphatic heterocycles. The van der Waals surface area contributed by atoms with Crippen LogP contribution in [0.1, 0.15) is 19.4 Å². The minimum Gasteiger partial charge on any atom is -0.491 e. The largest absolute Gasteiger partial charge is 0.491 e. The molecule has 0 bridgehead atoms. The molecule has 0 aliphatic carbocycles. The predicted molar refractivity (Wildman–Crippen MR) is 77.5 cm³/mol. The first-order chi connectivity index (χ1) is 9.69. The van der Waals surface area contributed by atoms with Gasteiger partial charge in [-0.1, -0.05) is 23.3 Å². The molecule has 0 unspecified atom stereocenters. The van der Waals surface area contributed by atoms with Crippen LogP contribution in [0.4, 0.5) is 5.95 Å². The minimum atomic E-state index is 0.183. The van der Waals surface area contributed by atoms with Gasteiger partial charge in [0.05, 0.1) is 12.6 Å². The number of allylic oxidation sites excluding steroid dienone is 1. The molecule has 20 heavy (non-hydrogen) atoms. The molecule has 0 saturated heterocycles. The predicted octanol–water partition coefficient (Wildman–Crippen LogP) is 2.26. The molecule has 1 heterocycles. The highest BCUT2D eigenvalue weighted by molar-refractivity contribution is 5.31. The Morgan fingerprint density at radius 1 is 1.35 bits per heavy atom. The molecule has 1 aromatic heterocycles. The maximum Gasteiger partial charge on any atom is 0.243 e. The van der Waals surface area contributed by atoms with Gasteiger partial charge in [-0.3, -0.25) is 0 Å². The van der Waals surface area contributed by atoms with Gasteiger partial charge in [0.25, 0.3) is 0 Å². The van der Waals surface area contributed by atoms with Crippen LogP contribution in [0.15, 0.2) is 36.9 Å². The molecule has 106 valence electrons. The van der Waals surface area contributed by atoms with Crippen molar-refractivity contribution in [2.75, 3.05) is 5.32 Å². The summed E-state index contributed by atoms with van der Waals surface area (Å²) in [7, 11) is 0. The molecule has 1 aromatic carbocycles. The van der Waals surface area contributed by atoms with Crippen LogP contribution in [-0.4, -0.2) is 26.3 Å². The molecule has 0 fully saturated rings. The smallest absolute Gasteiger partial charge is 0.243 e. The van der Waals surface area contributed by atoms with Gasteiger partial charge in [-0.25, -0.2) is 4.68 Å². The summed E-state index contributed by atoms with van der Waals surface area (Å²) in [6, 6.07) is 7.96. The highest BCUT2D eigenvalue weighted by atomic mass is 16.5. The van der Waals surface area contributed by atoms with Gasteiger partial charge in [0.2, 0.25) is 5.95 Å². The summed E-state index contributed by atoms with van der Waals surface area (Å²) in [5.74, 6) is 1.51. The molecule has 6 nitrogen and oxygen atoms in total. The SMILES string of the molecule is C=CCn1nnnc1NCc1ccc(OC(C)C)cc1. The monoisotopic (exact) mass is 273 g/mol. The number of rotatable bonds is 7. The lowest BCUT2D eigenvalue weighted by molar-refractivity contribution is 0.242.